The monoisotopic (exact) mass is 284 g/mol. The van der Waals surface area contributed by atoms with E-state index in [2.05, 4.69) is 10.3 Å². The quantitative estimate of drug-likeness (QED) is 0.619. The molecule has 112 valence electrons. The van der Waals surface area contributed by atoms with Crippen molar-refractivity contribution in [2.45, 2.75) is 19.4 Å². The van der Waals surface area contributed by atoms with Gasteiger partial charge in [-0.15, -0.1) is 0 Å². The zero-order valence-electron chi connectivity index (χ0n) is 12.2. The summed E-state index contributed by atoms with van der Waals surface area (Å²) < 4.78 is 27.7. The van der Waals surface area contributed by atoms with Crippen LogP contribution in [0.5, 0.6) is 0 Å². The van der Waals surface area contributed by atoms with Crippen LogP contribution in [-0.2, 0) is 0 Å². The highest BCUT2D eigenvalue weighted by Gasteiger charge is 2.21. The predicted octanol–water partition coefficient (Wildman–Crippen LogP) is 1.88. The van der Waals surface area contributed by atoms with Crippen LogP contribution in [0.1, 0.15) is 24.9 Å². The summed E-state index contributed by atoms with van der Waals surface area (Å²) in [7, 11) is 3.50. The number of hydrogen-bond acceptors (Lipinski definition) is 2. The van der Waals surface area contributed by atoms with Gasteiger partial charge in [-0.05, 0) is 32.6 Å². The second-order valence-electron chi connectivity index (χ2n) is 4.77. The molecule has 6 heteroatoms. The van der Waals surface area contributed by atoms with E-state index in [1.165, 1.54) is 18.2 Å². The fraction of sp³-hybridized carbons (Fsp3) is 0.500. The van der Waals surface area contributed by atoms with Gasteiger partial charge in [-0.25, -0.2) is 8.78 Å². The maximum absolute atomic E-state index is 13.8. The molecule has 0 spiro atoms. The second kappa shape index (κ2) is 7.79. The molecule has 20 heavy (non-hydrogen) atoms. The van der Waals surface area contributed by atoms with Gasteiger partial charge in [-0.2, -0.15) is 0 Å². The molecule has 1 aromatic carbocycles. The van der Waals surface area contributed by atoms with Crippen LogP contribution in [0.3, 0.4) is 0 Å². The second-order valence-corrected chi connectivity index (χ2v) is 4.77. The lowest BCUT2D eigenvalue weighted by Crippen LogP contribution is -2.33. The molecule has 0 heterocycles. The van der Waals surface area contributed by atoms with E-state index in [1.807, 2.05) is 6.92 Å². The molecule has 1 rings (SSSR count). The fourth-order valence-corrected chi connectivity index (χ4v) is 1.84. The van der Waals surface area contributed by atoms with Crippen molar-refractivity contribution in [3.63, 3.8) is 0 Å². The van der Waals surface area contributed by atoms with Gasteiger partial charge in [0.05, 0.1) is 12.6 Å². The van der Waals surface area contributed by atoms with Crippen LogP contribution in [0.2, 0.25) is 0 Å². The van der Waals surface area contributed by atoms with Crippen molar-refractivity contribution in [1.82, 2.24) is 10.2 Å². The highest BCUT2D eigenvalue weighted by atomic mass is 19.1. The van der Waals surface area contributed by atoms with Crippen molar-refractivity contribution in [3.8, 4) is 0 Å². The Bertz CT molecular complexity index is 440. The minimum Gasteiger partial charge on any atom is -0.370 e. The summed E-state index contributed by atoms with van der Waals surface area (Å²) in [6, 6.07) is 3.34. The molecule has 0 fully saturated rings. The standard InChI is InChI=1S/C14H22F2N4/c1-4-8-18-14(17)19-9-12(20(2)3)13-10(15)6-5-7-11(13)16/h5-7,12H,4,8-9H2,1-3H3,(H3,17,18,19). The van der Waals surface area contributed by atoms with Gasteiger partial charge in [0.15, 0.2) is 5.96 Å². The first-order chi connectivity index (χ1) is 9.47. The van der Waals surface area contributed by atoms with Crippen LogP contribution in [0, 0.1) is 11.6 Å². The lowest BCUT2D eigenvalue weighted by Gasteiger charge is -2.24. The maximum atomic E-state index is 13.8. The van der Waals surface area contributed by atoms with E-state index in [4.69, 9.17) is 5.73 Å². The first-order valence-corrected chi connectivity index (χ1v) is 6.61. The molecule has 0 amide bonds. The molecule has 0 aromatic heterocycles. The molecule has 1 aromatic rings. The van der Waals surface area contributed by atoms with E-state index in [0.29, 0.717) is 0 Å². The average Bonchev–Trinajstić information content (AvgIpc) is 2.39. The van der Waals surface area contributed by atoms with Gasteiger partial charge in [-0.1, -0.05) is 13.0 Å². The largest absolute Gasteiger partial charge is 0.370 e. The molecular weight excluding hydrogens is 262 g/mol. The van der Waals surface area contributed by atoms with Crippen molar-refractivity contribution >= 4 is 5.96 Å². The summed E-state index contributed by atoms with van der Waals surface area (Å²) in [6.07, 6.45) is 0.926. The predicted molar refractivity (Wildman–Crippen MR) is 77.6 cm³/mol. The molecule has 1 unspecified atom stereocenters. The molecule has 0 radical (unpaired) electrons. The van der Waals surface area contributed by atoms with E-state index >= 15 is 0 Å². The molecule has 0 saturated heterocycles. The average molecular weight is 284 g/mol. The highest BCUT2D eigenvalue weighted by Crippen LogP contribution is 2.24. The maximum Gasteiger partial charge on any atom is 0.188 e. The first kappa shape index (κ1) is 16.4. The summed E-state index contributed by atoms with van der Waals surface area (Å²) in [6.45, 7) is 2.92. The lowest BCUT2D eigenvalue weighted by molar-refractivity contribution is 0.290. The van der Waals surface area contributed by atoms with Crippen LogP contribution in [0.15, 0.2) is 23.2 Å². The first-order valence-electron chi connectivity index (χ1n) is 6.61. The zero-order valence-corrected chi connectivity index (χ0v) is 12.2. The highest BCUT2D eigenvalue weighted by molar-refractivity contribution is 5.77. The Morgan fingerprint density at radius 1 is 1.35 bits per heavy atom. The fourth-order valence-electron chi connectivity index (χ4n) is 1.84. The molecule has 0 saturated carbocycles. The number of nitrogens with one attached hydrogen (secondary N) is 1. The minimum absolute atomic E-state index is 0.0181. The van der Waals surface area contributed by atoms with E-state index in [1.54, 1.807) is 19.0 Å². The normalized spacial score (nSPS) is 13.6. The lowest BCUT2D eigenvalue weighted by atomic mass is 10.0. The minimum atomic E-state index is -0.570. The van der Waals surface area contributed by atoms with Crippen molar-refractivity contribution in [3.05, 3.63) is 35.4 Å². The van der Waals surface area contributed by atoms with E-state index < -0.39 is 17.7 Å². The van der Waals surface area contributed by atoms with Gasteiger partial charge in [0, 0.05) is 12.1 Å². The van der Waals surface area contributed by atoms with Crippen molar-refractivity contribution < 1.29 is 8.78 Å². The van der Waals surface area contributed by atoms with Crippen LogP contribution in [-0.4, -0.2) is 38.0 Å². The number of aliphatic imine (C=N–C) groups is 1. The van der Waals surface area contributed by atoms with Gasteiger partial charge < -0.3 is 16.0 Å². The Morgan fingerprint density at radius 3 is 2.45 bits per heavy atom. The van der Waals surface area contributed by atoms with E-state index in [-0.39, 0.29) is 18.1 Å². The summed E-state index contributed by atoms with van der Waals surface area (Å²) in [5, 5.41) is 2.93. The Labute approximate surface area is 118 Å². The number of nitrogens with zero attached hydrogens (tertiary/aromatic N) is 2. The van der Waals surface area contributed by atoms with Crippen LogP contribution in [0.4, 0.5) is 8.78 Å². The third-order valence-electron chi connectivity index (χ3n) is 2.95. The van der Waals surface area contributed by atoms with Crippen molar-refractivity contribution in [2.24, 2.45) is 10.7 Å². The Kier molecular flexibility index (Phi) is 6.38. The summed E-state index contributed by atoms with van der Waals surface area (Å²) >= 11 is 0. The number of nitrogens with two attached hydrogens (primary N) is 1. The van der Waals surface area contributed by atoms with Crippen LogP contribution >= 0.6 is 0 Å². The zero-order chi connectivity index (χ0) is 15.1. The number of hydrogen-bond donors (Lipinski definition) is 2. The van der Waals surface area contributed by atoms with Gasteiger partial charge >= 0.3 is 0 Å². The number of halogens is 2. The molecular formula is C14H22F2N4. The molecule has 0 aliphatic rings. The molecule has 0 aliphatic heterocycles. The number of benzene rings is 1. The topological polar surface area (TPSA) is 53.6 Å². The van der Waals surface area contributed by atoms with Gasteiger partial charge in [0.1, 0.15) is 11.6 Å². The number of rotatable bonds is 6. The van der Waals surface area contributed by atoms with Gasteiger partial charge in [-0.3, -0.25) is 4.99 Å². The summed E-state index contributed by atoms with van der Waals surface area (Å²) in [4.78, 5) is 5.87. The van der Waals surface area contributed by atoms with E-state index in [0.717, 1.165) is 13.0 Å². The molecule has 4 nitrogen and oxygen atoms in total. The smallest absolute Gasteiger partial charge is 0.188 e. The number of likely N-dealkylation sites (N-methyl/N-ethyl adjacent to an activating group) is 1. The molecule has 3 N–H and O–H groups in total. The Hall–Kier alpha value is -1.69. The van der Waals surface area contributed by atoms with Crippen molar-refractivity contribution in [2.75, 3.05) is 27.2 Å². The Morgan fingerprint density at radius 2 is 1.95 bits per heavy atom. The molecule has 0 aliphatic carbocycles. The third-order valence-corrected chi connectivity index (χ3v) is 2.95. The molecule has 0 bridgehead atoms. The van der Waals surface area contributed by atoms with Crippen LogP contribution in [0.25, 0.3) is 0 Å². The van der Waals surface area contributed by atoms with Gasteiger partial charge in [0.25, 0.3) is 0 Å². The Balaban J connectivity index is 2.90. The molecule has 1 atom stereocenters. The van der Waals surface area contributed by atoms with Crippen LogP contribution < -0.4 is 11.1 Å². The summed E-state index contributed by atoms with van der Waals surface area (Å²) in [5.41, 5.74) is 5.71. The van der Waals surface area contributed by atoms with Gasteiger partial charge in [0.2, 0.25) is 0 Å². The number of guanidine groups is 1. The summed E-state index contributed by atoms with van der Waals surface area (Å²) in [5.74, 6) is -0.853. The van der Waals surface area contributed by atoms with Crippen molar-refractivity contribution in [1.29, 1.82) is 0 Å². The third kappa shape index (κ3) is 4.45. The SMILES string of the molecule is CCCNC(N)=NCC(c1c(F)cccc1F)N(C)C. The van der Waals surface area contributed by atoms with E-state index in [9.17, 15) is 8.78 Å².